The van der Waals surface area contributed by atoms with E-state index in [2.05, 4.69) is 65.9 Å². The summed E-state index contributed by atoms with van der Waals surface area (Å²) in [5.41, 5.74) is 4.24. The Balaban J connectivity index is 1.60. The molecule has 0 saturated carbocycles. The van der Waals surface area contributed by atoms with Crippen LogP contribution in [0.25, 0.3) is 0 Å². The quantitative estimate of drug-likeness (QED) is 0.799. The van der Waals surface area contributed by atoms with Gasteiger partial charge in [-0.2, -0.15) is 5.06 Å². The predicted molar refractivity (Wildman–Crippen MR) is 92.0 cm³/mol. The Morgan fingerprint density at radius 1 is 1.17 bits per heavy atom. The number of hydrogen-bond donors (Lipinski definition) is 0. The molecular formula is C20H26N2O. The standard InChI is InChI=1S/C20H26N2O/c1-3-4-10-17-11-12-19-20-13-18(14-21(17)19)23-22(20)15(2)16-8-6-5-7-9-16/h5-9,11-12,15,18,20H,3-4,10,13-14H2,1-2H3/t15-,18-,20+/m1/s1. The number of rotatable bonds is 5. The molecule has 4 rings (SSSR count). The summed E-state index contributed by atoms with van der Waals surface area (Å²) in [6.07, 6.45) is 5.15. The van der Waals surface area contributed by atoms with Crippen molar-refractivity contribution in [3.05, 3.63) is 59.4 Å². The Labute approximate surface area is 138 Å². The Morgan fingerprint density at radius 3 is 2.78 bits per heavy atom. The van der Waals surface area contributed by atoms with Gasteiger partial charge in [-0.05, 0) is 37.5 Å². The van der Waals surface area contributed by atoms with Gasteiger partial charge >= 0.3 is 0 Å². The Kier molecular flexibility index (Phi) is 4.00. The molecular weight excluding hydrogens is 284 g/mol. The van der Waals surface area contributed by atoms with Crippen molar-refractivity contribution in [2.75, 3.05) is 0 Å². The number of fused-ring (bicyclic) bond motifs is 4. The van der Waals surface area contributed by atoms with Crippen molar-refractivity contribution in [2.24, 2.45) is 0 Å². The van der Waals surface area contributed by atoms with Gasteiger partial charge in [-0.1, -0.05) is 43.7 Å². The first-order valence-corrected chi connectivity index (χ1v) is 8.96. The average Bonchev–Trinajstić information content (AvgIpc) is 3.16. The Hall–Kier alpha value is -1.58. The van der Waals surface area contributed by atoms with E-state index in [0.717, 1.165) is 13.0 Å². The Morgan fingerprint density at radius 2 is 2.00 bits per heavy atom. The Bertz CT molecular complexity index is 664. The molecule has 1 aromatic heterocycles. The highest BCUT2D eigenvalue weighted by Gasteiger charge is 2.43. The number of aromatic nitrogens is 1. The van der Waals surface area contributed by atoms with Crippen LogP contribution in [0.2, 0.25) is 0 Å². The second-order valence-corrected chi connectivity index (χ2v) is 6.89. The van der Waals surface area contributed by atoms with Crippen LogP contribution in [0.3, 0.4) is 0 Å². The van der Waals surface area contributed by atoms with Gasteiger partial charge in [0, 0.05) is 17.8 Å². The third-order valence-corrected chi connectivity index (χ3v) is 5.35. The predicted octanol–water partition coefficient (Wildman–Crippen LogP) is 4.65. The highest BCUT2D eigenvalue weighted by molar-refractivity contribution is 5.25. The fourth-order valence-electron chi connectivity index (χ4n) is 4.06. The van der Waals surface area contributed by atoms with Gasteiger partial charge in [0.1, 0.15) is 0 Å². The van der Waals surface area contributed by atoms with Gasteiger partial charge in [0.05, 0.1) is 24.7 Å². The monoisotopic (exact) mass is 310 g/mol. The summed E-state index contributed by atoms with van der Waals surface area (Å²) in [5, 5.41) is 2.24. The number of unbranched alkanes of at least 4 members (excludes halogenated alkanes) is 1. The summed E-state index contributed by atoms with van der Waals surface area (Å²) in [6, 6.07) is 16.0. The first-order chi connectivity index (χ1) is 11.3. The van der Waals surface area contributed by atoms with E-state index in [-0.39, 0.29) is 6.04 Å². The second-order valence-electron chi connectivity index (χ2n) is 6.89. The number of nitrogens with zero attached hydrogens (tertiary/aromatic N) is 2. The molecule has 122 valence electrons. The van der Waals surface area contributed by atoms with Crippen molar-refractivity contribution >= 4 is 0 Å². The smallest absolute Gasteiger partial charge is 0.0991 e. The molecule has 0 spiro atoms. The van der Waals surface area contributed by atoms with Crippen molar-refractivity contribution in [1.29, 1.82) is 0 Å². The summed E-state index contributed by atoms with van der Waals surface area (Å²) >= 11 is 0. The summed E-state index contributed by atoms with van der Waals surface area (Å²) in [4.78, 5) is 6.31. The normalized spacial score (nSPS) is 24.6. The van der Waals surface area contributed by atoms with Gasteiger partial charge < -0.3 is 4.57 Å². The molecule has 3 heteroatoms. The van der Waals surface area contributed by atoms with Gasteiger partial charge in [0.2, 0.25) is 0 Å². The zero-order chi connectivity index (χ0) is 15.8. The lowest BCUT2D eigenvalue weighted by molar-refractivity contribution is -0.185. The third kappa shape index (κ3) is 2.62. The van der Waals surface area contributed by atoms with Gasteiger partial charge in [-0.25, -0.2) is 0 Å². The third-order valence-electron chi connectivity index (χ3n) is 5.35. The lowest BCUT2D eigenvalue weighted by Crippen LogP contribution is -2.26. The fraction of sp³-hybridized carbons (Fsp3) is 0.500. The summed E-state index contributed by atoms with van der Waals surface area (Å²) < 4.78 is 2.52. The van der Waals surface area contributed by atoms with Crippen LogP contribution in [0.1, 0.15) is 62.1 Å². The van der Waals surface area contributed by atoms with Crippen molar-refractivity contribution in [1.82, 2.24) is 9.63 Å². The van der Waals surface area contributed by atoms with Gasteiger partial charge in [0.15, 0.2) is 0 Å². The first-order valence-electron chi connectivity index (χ1n) is 8.96. The van der Waals surface area contributed by atoms with E-state index in [1.54, 1.807) is 0 Å². The van der Waals surface area contributed by atoms with E-state index in [9.17, 15) is 0 Å². The molecule has 0 aliphatic carbocycles. The van der Waals surface area contributed by atoms with Crippen LogP contribution in [0.15, 0.2) is 42.5 Å². The molecule has 3 atom stereocenters. The highest BCUT2D eigenvalue weighted by Crippen LogP contribution is 2.44. The molecule has 2 aliphatic heterocycles. The van der Waals surface area contributed by atoms with E-state index in [1.807, 2.05) is 0 Å². The van der Waals surface area contributed by atoms with Crippen LogP contribution in [0, 0.1) is 0 Å². The summed E-state index contributed by atoms with van der Waals surface area (Å²) in [5.74, 6) is 0. The van der Waals surface area contributed by atoms with Crippen LogP contribution in [0.5, 0.6) is 0 Å². The minimum Gasteiger partial charge on any atom is -0.344 e. The van der Waals surface area contributed by atoms with Crippen molar-refractivity contribution in [2.45, 2.75) is 64.3 Å². The van der Waals surface area contributed by atoms with E-state index >= 15 is 0 Å². The molecule has 23 heavy (non-hydrogen) atoms. The number of aryl methyl sites for hydroxylation is 1. The molecule has 0 unspecified atom stereocenters. The molecule has 1 fully saturated rings. The highest BCUT2D eigenvalue weighted by atomic mass is 16.7. The fourth-order valence-corrected chi connectivity index (χ4v) is 4.06. The topological polar surface area (TPSA) is 17.4 Å². The average molecular weight is 310 g/mol. The maximum Gasteiger partial charge on any atom is 0.0991 e. The van der Waals surface area contributed by atoms with Crippen molar-refractivity contribution in [3.8, 4) is 0 Å². The van der Waals surface area contributed by atoms with Crippen LogP contribution < -0.4 is 0 Å². The van der Waals surface area contributed by atoms with E-state index < -0.39 is 0 Å². The maximum absolute atomic E-state index is 6.31. The molecule has 0 radical (unpaired) electrons. The maximum atomic E-state index is 6.31. The zero-order valence-electron chi connectivity index (χ0n) is 14.1. The molecule has 2 bridgehead atoms. The molecule has 0 amide bonds. The van der Waals surface area contributed by atoms with Gasteiger partial charge in [-0.3, -0.25) is 4.84 Å². The molecule has 1 saturated heterocycles. The minimum absolute atomic E-state index is 0.284. The van der Waals surface area contributed by atoms with Gasteiger partial charge in [0.25, 0.3) is 0 Å². The zero-order valence-corrected chi connectivity index (χ0v) is 14.1. The lowest BCUT2D eigenvalue weighted by Gasteiger charge is -2.29. The lowest BCUT2D eigenvalue weighted by atomic mass is 10.0. The summed E-state index contributed by atoms with van der Waals surface area (Å²) in [7, 11) is 0. The van der Waals surface area contributed by atoms with Crippen LogP contribution in [-0.2, 0) is 17.8 Å². The van der Waals surface area contributed by atoms with Crippen LogP contribution in [0.4, 0.5) is 0 Å². The minimum atomic E-state index is 0.284. The van der Waals surface area contributed by atoms with Gasteiger partial charge in [-0.15, -0.1) is 0 Å². The van der Waals surface area contributed by atoms with Crippen molar-refractivity contribution in [3.63, 3.8) is 0 Å². The van der Waals surface area contributed by atoms with E-state index in [4.69, 9.17) is 4.84 Å². The van der Waals surface area contributed by atoms with E-state index in [0.29, 0.717) is 12.1 Å². The van der Waals surface area contributed by atoms with Crippen molar-refractivity contribution < 1.29 is 4.84 Å². The molecule has 1 aromatic carbocycles. The van der Waals surface area contributed by atoms with Crippen LogP contribution in [-0.4, -0.2) is 15.7 Å². The number of hydrogen-bond acceptors (Lipinski definition) is 2. The SMILES string of the molecule is CCCCc1ccc2n1C[C@H]1C[C@@H]2N([C@H](C)c2ccccc2)O1. The first kappa shape index (κ1) is 15.0. The second kappa shape index (κ2) is 6.14. The molecule has 0 N–H and O–H groups in total. The van der Waals surface area contributed by atoms with E-state index in [1.165, 1.54) is 36.2 Å². The largest absolute Gasteiger partial charge is 0.344 e. The molecule has 2 aliphatic rings. The molecule has 3 nitrogen and oxygen atoms in total. The van der Waals surface area contributed by atoms with Crippen LogP contribution >= 0.6 is 0 Å². The molecule has 3 heterocycles. The number of benzene rings is 1. The molecule has 2 aromatic rings. The number of hydroxylamine groups is 2. The summed E-state index contributed by atoms with van der Waals surface area (Å²) in [6.45, 7) is 5.52.